The third kappa shape index (κ3) is 3.73. The summed E-state index contributed by atoms with van der Waals surface area (Å²) in [6, 6.07) is 12.6. The monoisotopic (exact) mass is 393 g/mol. The maximum absolute atomic E-state index is 12.3. The number of aliphatic hydroxyl groups is 1. The Morgan fingerprint density at radius 3 is 2.48 bits per heavy atom. The predicted molar refractivity (Wildman–Crippen MR) is 108 cm³/mol. The van der Waals surface area contributed by atoms with Gasteiger partial charge >= 0.3 is 11.8 Å². The van der Waals surface area contributed by atoms with Crippen molar-refractivity contribution >= 4 is 29.1 Å². The van der Waals surface area contributed by atoms with Crippen LogP contribution in [0.4, 0.5) is 11.4 Å². The molecule has 3 N–H and O–H groups in total. The Balaban J connectivity index is 1.41. The van der Waals surface area contributed by atoms with Crippen LogP contribution in [0.2, 0.25) is 0 Å². The van der Waals surface area contributed by atoms with Gasteiger partial charge in [0.1, 0.15) is 5.60 Å². The van der Waals surface area contributed by atoms with Crippen molar-refractivity contribution < 1.29 is 19.5 Å². The zero-order valence-electron chi connectivity index (χ0n) is 16.2. The average molecular weight is 393 g/mol. The Bertz CT molecular complexity index is 985. The Labute approximate surface area is 168 Å². The first-order valence-corrected chi connectivity index (χ1v) is 9.68. The predicted octanol–water partition coefficient (Wildman–Crippen LogP) is 1.48. The van der Waals surface area contributed by atoms with E-state index in [2.05, 4.69) is 10.6 Å². The minimum atomic E-state index is -1.29. The molecule has 0 bridgehead atoms. The van der Waals surface area contributed by atoms with Crippen LogP contribution in [0.1, 0.15) is 30.0 Å². The van der Waals surface area contributed by atoms with E-state index in [0.717, 1.165) is 23.2 Å². The number of carbonyl (C=O) groups excluding carboxylic acids is 3. The number of carbonyl (C=O) groups is 3. The minimum absolute atomic E-state index is 0.0875. The van der Waals surface area contributed by atoms with E-state index >= 15 is 0 Å². The Hall–Kier alpha value is -3.19. The van der Waals surface area contributed by atoms with Crippen LogP contribution < -0.4 is 15.5 Å². The summed E-state index contributed by atoms with van der Waals surface area (Å²) in [5.41, 5.74) is 2.90. The first-order valence-electron chi connectivity index (χ1n) is 9.68. The summed E-state index contributed by atoms with van der Waals surface area (Å²) in [7, 11) is 0. The SMILES string of the molecule is CC(O)(CNC(=O)C(=O)Nc1cc2c3c(c1)CCN3C(=O)CC2)c1ccccc1. The molecule has 0 aromatic heterocycles. The quantitative estimate of drug-likeness (QED) is 0.686. The molecule has 4 rings (SSSR count). The molecule has 1 unspecified atom stereocenters. The van der Waals surface area contributed by atoms with E-state index in [-0.39, 0.29) is 12.5 Å². The van der Waals surface area contributed by atoms with Gasteiger partial charge in [0, 0.05) is 18.7 Å². The van der Waals surface area contributed by atoms with Gasteiger partial charge in [-0.05, 0) is 48.6 Å². The lowest BCUT2D eigenvalue weighted by atomic mass is 9.96. The number of rotatable bonds is 4. The van der Waals surface area contributed by atoms with Crippen molar-refractivity contribution in [3.8, 4) is 0 Å². The molecule has 1 atom stereocenters. The van der Waals surface area contributed by atoms with Crippen molar-refractivity contribution in [1.29, 1.82) is 0 Å². The van der Waals surface area contributed by atoms with E-state index in [9.17, 15) is 19.5 Å². The fourth-order valence-electron chi connectivity index (χ4n) is 3.95. The number of hydrogen-bond donors (Lipinski definition) is 3. The van der Waals surface area contributed by atoms with Crippen molar-refractivity contribution in [2.24, 2.45) is 0 Å². The number of hydrogen-bond acceptors (Lipinski definition) is 4. The second kappa shape index (κ2) is 7.33. The largest absolute Gasteiger partial charge is 0.384 e. The zero-order chi connectivity index (χ0) is 20.6. The molecule has 29 heavy (non-hydrogen) atoms. The van der Waals surface area contributed by atoms with E-state index in [1.807, 2.05) is 18.2 Å². The first kappa shape index (κ1) is 19.1. The minimum Gasteiger partial charge on any atom is -0.384 e. The zero-order valence-corrected chi connectivity index (χ0v) is 16.2. The molecule has 7 nitrogen and oxygen atoms in total. The van der Waals surface area contributed by atoms with Crippen LogP contribution in [0, 0.1) is 0 Å². The molecule has 150 valence electrons. The third-order valence-electron chi connectivity index (χ3n) is 5.50. The molecule has 0 fully saturated rings. The Kier molecular flexibility index (Phi) is 4.84. The van der Waals surface area contributed by atoms with Gasteiger partial charge in [-0.25, -0.2) is 0 Å². The number of nitrogens with one attached hydrogen (secondary N) is 2. The van der Waals surface area contributed by atoms with Crippen LogP contribution in [-0.2, 0) is 32.8 Å². The smallest absolute Gasteiger partial charge is 0.313 e. The maximum atomic E-state index is 12.3. The van der Waals surface area contributed by atoms with Crippen LogP contribution in [0.5, 0.6) is 0 Å². The lowest BCUT2D eigenvalue weighted by molar-refractivity contribution is -0.136. The van der Waals surface area contributed by atoms with E-state index in [4.69, 9.17) is 0 Å². The molecule has 2 aliphatic rings. The van der Waals surface area contributed by atoms with Crippen LogP contribution in [0.25, 0.3) is 0 Å². The topological polar surface area (TPSA) is 98.7 Å². The molecule has 7 heteroatoms. The van der Waals surface area contributed by atoms with Gasteiger partial charge in [-0.15, -0.1) is 0 Å². The molecule has 0 spiro atoms. The van der Waals surface area contributed by atoms with Gasteiger partial charge < -0.3 is 20.6 Å². The number of amides is 3. The van der Waals surface area contributed by atoms with Crippen molar-refractivity contribution in [2.75, 3.05) is 23.3 Å². The van der Waals surface area contributed by atoms with Crippen molar-refractivity contribution in [1.82, 2.24) is 5.32 Å². The summed E-state index contributed by atoms with van der Waals surface area (Å²) >= 11 is 0. The molecule has 2 aromatic rings. The van der Waals surface area contributed by atoms with Gasteiger partial charge in [-0.1, -0.05) is 30.3 Å². The van der Waals surface area contributed by atoms with Gasteiger partial charge in [0.15, 0.2) is 0 Å². The number of nitrogens with zero attached hydrogens (tertiary/aromatic N) is 1. The highest BCUT2D eigenvalue weighted by atomic mass is 16.3. The molecule has 0 saturated carbocycles. The second-order valence-corrected chi connectivity index (χ2v) is 7.72. The lowest BCUT2D eigenvalue weighted by Crippen LogP contribution is -2.43. The molecule has 2 aliphatic heterocycles. The van der Waals surface area contributed by atoms with Crippen molar-refractivity contribution in [3.05, 3.63) is 59.2 Å². The highest BCUT2D eigenvalue weighted by Gasteiger charge is 2.32. The highest BCUT2D eigenvalue weighted by Crippen LogP contribution is 2.38. The number of anilines is 2. The summed E-state index contributed by atoms with van der Waals surface area (Å²) in [6.45, 7) is 2.15. The van der Waals surface area contributed by atoms with E-state index in [1.54, 1.807) is 36.1 Å². The molecular formula is C22H23N3O4. The van der Waals surface area contributed by atoms with Gasteiger partial charge in [0.2, 0.25) is 5.91 Å². The standard InChI is InChI=1S/C22H23N3O4/c1-22(29,16-5-3-2-4-6-16)13-23-20(27)21(28)24-17-11-14-7-8-18(26)25-10-9-15(12-17)19(14)25/h2-6,11-12,29H,7-10,13H2,1H3,(H,23,27)(H,24,28). The van der Waals surface area contributed by atoms with E-state index in [1.165, 1.54) is 0 Å². The molecule has 2 aromatic carbocycles. The van der Waals surface area contributed by atoms with Gasteiger partial charge in [-0.2, -0.15) is 0 Å². The lowest BCUT2D eigenvalue weighted by Gasteiger charge is -2.26. The molecule has 0 saturated heterocycles. The van der Waals surface area contributed by atoms with Crippen LogP contribution in [-0.4, -0.2) is 35.9 Å². The highest BCUT2D eigenvalue weighted by molar-refractivity contribution is 6.39. The van der Waals surface area contributed by atoms with Crippen molar-refractivity contribution in [3.63, 3.8) is 0 Å². The number of benzene rings is 2. The Morgan fingerprint density at radius 1 is 1.07 bits per heavy atom. The fourth-order valence-corrected chi connectivity index (χ4v) is 3.95. The fraction of sp³-hybridized carbons (Fsp3) is 0.318. The molecule has 0 aliphatic carbocycles. The summed E-state index contributed by atoms with van der Waals surface area (Å²) in [4.78, 5) is 38.4. The van der Waals surface area contributed by atoms with Gasteiger partial charge in [-0.3, -0.25) is 14.4 Å². The van der Waals surface area contributed by atoms with E-state index < -0.39 is 17.4 Å². The van der Waals surface area contributed by atoms with Crippen molar-refractivity contribution in [2.45, 2.75) is 31.8 Å². The summed E-state index contributed by atoms with van der Waals surface area (Å²) in [5, 5.41) is 15.7. The third-order valence-corrected chi connectivity index (χ3v) is 5.50. The summed E-state index contributed by atoms with van der Waals surface area (Å²) in [5.74, 6) is -1.47. The molecule has 2 heterocycles. The second-order valence-electron chi connectivity index (χ2n) is 7.72. The first-order chi connectivity index (χ1) is 13.8. The van der Waals surface area contributed by atoms with Gasteiger partial charge in [0.05, 0.1) is 12.2 Å². The van der Waals surface area contributed by atoms with Gasteiger partial charge in [0.25, 0.3) is 0 Å². The molecule has 3 amide bonds. The van der Waals surface area contributed by atoms with Crippen LogP contribution in [0.15, 0.2) is 42.5 Å². The Morgan fingerprint density at radius 2 is 1.76 bits per heavy atom. The van der Waals surface area contributed by atoms with Crippen LogP contribution in [0.3, 0.4) is 0 Å². The summed E-state index contributed by atoms with van der Waals surface area (Å²) < 4.78 is 0. The van der Waals surface area contributed by atoms with Crippen LogP contribution >= 0.6 is 0 Å². The van der Waals surface area contributed by atoms with E-state index in [0.29, 0.717) is 30.6 Å². The normalized spacial score (nSPS) is 16.8. The number of aryl methyl sites for hydroxylation is 1. The molecule has 0 radical (unpaired) electrons. The maximum Gasteiger partial charge on any atom is 0.313 e. The summed E-state index contributed by atoms with van der Waals surface area (Å²) in [6.07, 6.45) is 1.83. The average Bonchev–Trinajstić information content (AvgIpc) is 3.15. The molecular weight excluding hydrogens is 370 g/mol.